The maximum Gasteiger partial charge on any atom is 0.514 e. The Morgan fingerprint density at radius 3 is 1.95 bits per heavy atom. The Hall–Kier alpha value is -8.07. The number of esters is 4. The maximum absolute atomic E-state index is 13.5. The van der Waals surface area contributed by atoms with E-state index in [9.17, 15) is 43.7 Å². The molecular weight excluding hydrogens is 870 g/mol. The van der Waals surface area contributed by atoms with Crippen molar-refractivity contribution >= 4 is 53.4 Å². The number of carbonyl (C=O) groups is 7. The summed E-state index contributed by atoms with van der Waals surface area (Å²) in [6.07, 6.45) is -10.9. The first-order valence-corrected chi connectivity index (χ1v) is 20.1. The van der Waals surface area contributed by atoms with Crippen molar-refractivity contribution < 1.29 is 81.1 Å². The summed E-state index contributed by atoms with van der Waals surface area (Å²) < 4.78 is 48.9. The average Bonchev–Trinajstić information content (AvgIpc) is 3.60. The average molecular weight is 914 g/mol. The topological polar surface area (TPSA) is 270 Å². The van der Waals surface area contributed by atoms with Gasteiger partial charge in [0, 0.05) is 51.8 Å². The van der Waals surface area contributed by atoms with Gasteiger partial charge in [0.15, 0.2) is 18.3 Å². The molecule has 1 aliphatic heterocycles. The third-order valence-electron chi connectivity index (χ3n) is 9.97. The van der Waals surface area contributed by atoms with Crippen LogP contribution in [0.15, 0.2) is 91.0 Å². The van der Waals surface area contributed by atoms with Crippen LogP contribution < -0.4 is 20.1 Å². The fourth-order valence-electron chi connectivity index (χ4n) is 7.21. The Morgan fingerprint density at radius 2 is 1.35 bits per heavy atom. The molecule has 21 nitrogen and oxygen atoms in total. The van der Waals surface area contributed by atoms with Crippen LogP contribution in [0.3, 0.4) is 0 Å². The maximum atomic E-state index is 13.5. The van der Waals surface area contributed by atoms with Gasteiger partial charge in [-0.1, -0.05) is 54.6 Å². The number of nitrogens with one attached hydrogen (secondary N) is 2. The van der Waals surface area contributed by atoms with Crippen LogP contribution in [0.25, 0.3) is 11.1 Å². The molecule has 21 heteroatoms. The van der Waals surface area contributed by atoms with Crippen molar-refractivity contribution in [2.24, 2.45) is 0 Å². The molecule has 0 radical (unpaired) electrons. The van der Waals surface area contributed by atoms with Crippen LogP contribution in [0, 0.1) is 10.1 Å². The third kappa shape index (κ3) is 11.9. The van der Waals surface area contributed by atoms with Crippen LogP contribution in [0.1, 0.15) is 49.8 Å². The largest absolute Gasteiger partial charge is 0.514 e. The van der Waals surface area contributed by atoms with Crippen molar-refractivity contribution in [1.29, 1.82) is 0 Å². The monoisotopic (exact) mass is 913 g/mol. The number of carbonyl (C=O) groups excluding carboxylic acids is 7. The highest BCUT2D eigenvalue weighted by atomic mass is 16.7. The molecule has 0 bridgehead atoms. The van der Waals surface area contributed by atoms with E-state index in [4.69, 9.17) is 42.6 Å². The molecule has 1 aliphatic carbocycles. The minimum atomic E-state index is -1.81. The number of amides is 2. The predicted molar refractivity (Wildman–Crippen MR) is 225 cm³/mol. The van der Waals surface area contributed by atoms with Gasteiger partial charge in [0.25, 0.3) is 5.69 Å². The van der Waals surface area contributed by atoms with Crippen LogP contribution in [-0.2, 0) is 63.7 Å². The molecule has 2 amide bonds. The summed E-state index contributed by atoms with van der Waals surface area (Å²) in [6.45, 7) is 2.48. The van der Waals surface area contributed by atoms with E-state index in [1.807, 2.05) is 48.5 Å². The molecule has 66 heavy (non-hydrogen) atoms. The van der Waals surface area contributed by atoms with Gasteiger partial charge in [-0.05, 0) is 52.1 Å². The van der Waals surface area contributed by atoms with E-state index in [0.717, 1.165) is 62.3 Å². The summed E-state index contributed by atoms with van der Waals surface area (Å²) in [4.78, 5) is 99.1. The first-order chi connectivity index (χ1) is 31.6. The summed E-state index contributed by atoms with van der Waals surface area (Å²) in [5.74, 6) is -4.94. The Kier molecular flexibility index (Phi) is 15.5. The van der Waals surface area contributed by atoms with E-state index in [0.29, 0.717) is 0 Å². The van der Waals surface area contributed by atoms with Gasteiger partial charge in [0.1, 0.15) is 24.7 Å². The second kappa shape index (κ2) is 21.5. The fraction of sp³-hybridized carbons (Fsp3) is 0.311. The van der Waals surface area contributed by atoms with E-state index in [1.54, 1.807) is 0 Å². The zero-order chi connectivity index (χ0) is 47.5. The van der Waals surface area contributed by atoms with E-state index >= 15 is 0 Å². The molecule has 2 N–H and O–H groups in total. The van der Waals surface area contributed by atoms with Crippen molar-refractivity contribution in [3.63, 3.8) is 0 Å². The van der Waals surface area contributed by atoms with Crippen molar-refractivity contribution in [1.82, 2.24) is 5.32 Å². The van der Waals surface area contributed by atoms with Crippen molar-refractivity contribution in [2.45, 2.75) is 70.4 Å². The Morgan fingerprint density at radius 1 is 0.742 bits per heavy atom. The molecular formula is C45H43N3O18. The number of rotatable bonds is 16. The molecule has 0 unspecified atom stereocenters. The zero-order valence-corrected chi connectivity index (χ0v) is 35.7. The molecule has 6 rings (SSSR count). The minimum Gasteiger partial charge on any atom is -0.467 e. The van der Waals surface area contributed by atoms with Gasteiger partial charge in [-0.15, -0.1) is 0 Å². The normalized spacial score (nSPS) is 18.2. The van der Waals surface area contributed by atoms with Gasteiger partial charge in [0.2, 0.25) is 18.3 Å². The summed E-state index contributed by atoms with van der Waals surface area (Å²) in [7, 11) is 1.02. The van der Waals surface area contributed by atoms with E-state index in [-0.39, 0.29) is 53.9 Å². The summed E-state index contributed by atoms with van der Waals surface area (Å²) in [6, 6.07) is 24.3. The smallest absolute Gasteiger partial charge is 0.467 e. The van der Waals surface area contributed by atoms with Gasteiger partial charge in [-0.3, -0.25) is 29.3 Å². The molecule has 4 aromatic rings. The zero-order valence-electron chi connectivity index (χ0n) is 35.7. The molecule has 0 spiro atoms. The van der Waals surface area contributed by atoms with Crippen LogP contribution in [0.4, 0.5) is 21.0 Å². The van der Waals surface area contributed by atoms with Crippen LogP contribution >= 0.6 is 0 Å². The molecule has 346 valence electrons. The number of benzene rings is 4. The Balaban J connectivity index is 1.18. The number of hydrogen-bond donors (Lipinski definition) is 2. The number of nitro groups is 1. The Labute approximate surface area is 375 Å². The second-order valence-electron chi connectivity index (χ2n) is 14.6. The van der Waals surface area contributed by atoms with Crippen LogP contribution in [-0.4, -0.2) is 97.9 Å². The molecule has 4 aromatic carbocycles. The first kappa shape index (κ1) is 47.4. The van der Waals surface area contributed by atoms with Crippen molar-refractivity contribution in [3.8, 4) is 22.6 Å². The molecule has 1 heterocycles. The van der Waals surface area contributed by atoms with Crippen molar-refractivity contribution in [2.75, 3.05) is 25.6 Å². The number of anilines is 1. The van der Waals surface area contributed by atoms with Crippen molar-refractivity contribution in [3.05, 3.63) is 118 Å². The van der Waals surface area contributed by atoms with Crippen LogP contribution in [0.2, 0.25) is 0 Å². The molecule has 0 saturated carbocycles. The summed E-state index contributed by atoms with van der Waals surface area (Å²) >= 11 is 0. The van der Waals surface area contributed by atoms with E-state index < -0.39 is 84.3 Å². The van der Waals surface area contributed by atoms with Gasteiger partial charge < -0.3 is 53.3 Å². The number of fused-ring (bicyclic) bond motifs is 3. The number of nitrogens with zero attached hydrogens (tertiary/aromatic N) is 1. The highest BCUT2D eigenvalue weighted by Gasteiger charge is 2.56. The molecule has 1 saturated heterocycles. The lowest BCUT2D eigenvalue weighted by molar-refractivity contribution is -0.384. The molecule has 5 atom stereocenters. The molecule has 1 fully saturated rings. The van der Waals surface area contributed by atoms with E-state index in [2.05, 4.69) is 10.6 Å². The lowest BCUT2D eigenvalue weighted by Crippen LogP contribution is -2.64. The van der Waals surface area contributed by atoms with E-state index in [1.165, 1.54) is 30.3 Å². The highest BCUT2D eigenvalue weighted by molar-refractivity contribution is 5.92. The number of ether oxygens (including phenoxy) is 9. The molecule has 0 aromatic heterocycles. The first-order valence-electron chi connectivity index (χ1n) is 20.1. The van der Waals surface area contributed by atoms with Crippen LogP contribution in [0.5, 0.6) is 11.5 Å². The quantitative estimate of drug-likeness (QED) is 0.0478. The number of alkyl carbamates (subject to hydrolysis) is 1. The number of non-ortho nitro benzene ring substituents is 1. The lowest BCUT2D eigenvalue weighted by Gasteiger charge is -2.43. The van der Waals surface area contributed by atoms with Gasteiger partial charge >= 0.3 is 36.1 Å². The third-order valence-corrected chi connectivity index (χ3v) is 9.97. The summed E-state index contributed by atoms with van der Waals surface area (Å²) in [5, 5.41) is 16.2. The Bertz CT molecular complexity index is 2450. The standard InChI is InChI=1S/C45H43N3O18/c1-24(49)61-38-39(62-25(2)50)41(63-26(3)51)43(66-40(38)42(53)58-4)65-36-18-13-27(22-60-45(55)64-29-16-14-28(15-17-29)48(56)57)21-35(36)47-37(52)19-20-46-44(54)59-23-34-32-11-7-5-9-30(32)31-10-6-8-12-33(31)34/h5-18,21,34,38-41,43H,19-20,22-23H2,1-4H3,(H,46,54)(H,47,52)/t38-,39-,40-,41+,43+/m1/s1. The minimum absolute atomic E-state index is 0.0391. The number of nitro benzene ring substituents is 1. The fourth-order valence-corrected chi connectivity index (χ4v) is 7.21. The molecule has 2 aliphatic rings. The second-order valence-corrected chi connectivity index (χ2v) is 14.6. The number of methoxy groups -OCH3 is 1. The van der Waals surface area contributed by atoms with Gasteiger partial charge in [0.05, 0.1) is 17.7 Å². The van der Waals surface area contributed by atoms with Gasteiger partial charge in [-0.2, -0.15) is 0 Å². The predicted octanol–water partition coefficient (Wildman–Crippen LogP) is 5.25. The van der Waals surface area contributed by atoms with Gasteiger partial charge in [-0.25, -0.2) is 14.4 Å². The number of hydrogen-bond acceptors (Lipinski definition) is 18. The lowest BCUT2D eigenvalue weighted by atomic mass is 9.97. The summed E-state index contributed by atoms with van der Waals surface area (Å²) in [5.41, 5.74) is 4.05. The SMILES string of the molecule is COC(=O)[C@@H]1O[C@H](Oc2ccc(COC(=O)Oc3ccc([N+](=O)[O-])cc3)cc2NC(=O)CCNC(=O)OCC2c3ccccc3-c3ccccc32)[C@@H](OC(C)=O)[C@H](OC(C)=O)[C@H]1OC(C)=O. The highest BCUT2D eigenvalue weighted by Crippen LogP contribution is 2.44.